The minimum atomic E-state index is -1.11. The molecule has 0 rings (SSSR count). The topological polar surface area (TPSA) is 63.6 Å². The Kier molecular flexibility index (Phi) is 3.95. The van der Waals surface area contributed by atoms with Gasteiger partial charge in [-0.15, -0.1) is 0 Å². The van der Waals surface area contributed by atoms with Gasteiger partial charge in [0.2, 0.25) is 0 Å². The number of esters is 1. The van der Waals surface area contributed by atoms with Crippen LogP contribution < -0.4 is 0 Å². The number of carbonyl (C=O) groups is 2. The third-order valence-electron chi connectivity index (χ3n) is 0.958. The fourth-order valence-electron chi connectivity index (χ4n) is 0.422. The van der Waals surface area contributed by atoms with Crippen molar-refractivity contribution in [2.75, 3.05) is 6.61 Å². The summed E-state index contributed by atoms with van der Waals surface area (Å²) in [4.78, 5) is 20.8. The molecular weight excluding hydrogens is 148 g/mol. The Hall–Kier alpha value is -1.32. The summed E-state index contributed by atoms with van der Waals surface area (Å²) in [6.07, 6.45) is 0.950. The molecule has 0 spiro atoms. The van der Waals surface area contributed by atoms with E-state index < -0.39 is 11.9 Å². The van der Waals surface area contributed by atoms with Gasteiger partial charge < -0.3 is 9.84 Å². The van der Waals surface area contributed by atoms with E-state index in [2.05, 4.69) is 4.74 Å². The number of carboxylic acid groups (broad SMARTS) is 1. The summed E-state index contributed by atoms with van der Waals surface area (Å²) < 4.78 is 4.48. The Labute approximate surface area is 64.5 Å². The van der Waals surface area contributed by atoms with Gasteiger partial charge in [0.1, 0.15) is 0 Å². The van der Waals surface area contributed by atoms with Crippen molar-refractivity contribution in [1.29, 1.82) is 0 Å². The molecule has 0 aliphatic rings. The Morgan fingerprint density at radius 2 is 2.09 bits per heavy atom. The lowest BCUT2D eigenvalue weighted by Gasteiger charge is -1.95. The van der Waals surface area contributed by atoms with E-state index in [1.165, 1.54) is 6.92 Å². The van der Waals surface area contributed by atoms with Crippen LogP contribution in [0.25, 0.3) is 0 Å². The lowest BCUT2D eigenvalue weighted by molar-refractivity contribution is -0.138. The zero-order valence-corrected chi connectivity index (χ0v) is 6.46. The minimum Gasteiger partial charge on any atom is -0.478 e. The largest absolute Gasteiger partial charge is 0.478 e. The normalized spacial score (nSPS) is 10.9. The summed E-state index contributed by atoms with van der Waals surface area (Å²) in [5, 5.41) is 8.32. The number of hydrogen-bond acceptors (Lipinski definition) is 3. The Morgan fingerprint density at radius 3 is 2.45 bits per heavy atom. The van der Waals surface area contributed by atoms with E-state index in [4.69, 9.17) is 5.11 Å². The van der Waals surface area contributed by atoms with Crippen molar-refractivity contribution in [1.82, 2.24) is 0 Å². The van der Waals surface area contributed by atoms with Crippen molar-refractivity contribution >= 4 is 11.9 Å². The van der Waals surface area contributed by atoms with Crippen LogP contribution >= 0.6 is 0 Å². The van der Waals surface area contributed by atoms with Crippen molar-refractivity contribution in [3.63, 3.8) is 0 Å². The second kappa shape index (κ2) is 4.49. The number of ether oxygens (including phenoxy) is 1. The molecule has 11 heavy (non-hydrogen) atoms. The molecule has 0 aliphatic carbocycles. The van der Waals surface area contributed by atoms with Crippen LogP contribution in [-0.2, 0) is 14.3 Å². The van der Waals surface area contributed by atoms with Crippen molar-refractivity contribution < 1.29 is 19.4 Å². The summed E-state index contributed by atoms with van der Waals surface area (Å²) >= 11 is 0. The average Bonchev–Trinajstić information content (AvgIpc) is 1.87. The first-order chi connectivity index (χ1) is 5.07. The standard InChI is InChI=1S/C7H10O4/c1-3-11-6(8)4-5(2)7(9)10/h4H,3H2,1-2H3,(H,9,10)/b5-4-. The molecule has 0 bridgehead atoms. The fraction of sp³-hybridized carbons (Fsp3) is 0.429. The second-order valence-corrected chi connectivity index (χ2v) is 1.88. The summed E-state index contributed by atoms with van der Waals surface area (Å²) in [6.45, 7) is 3.24. The maximum absolute atomic E-state index is 10.6. The molecule has 0 fully saturated rings. The third kappa shape index (κ3) is 4.13. The molecule has 62 valence electrons. The van der Waals surface area contributed by atoms with Crippen molar-refractivity contribution in [3.05, 3.63) is 11.6 Å². The molecule has 0 atom stereocenters. The van der Waals surface area contributed by atoms with Crippen LogP contribution in [-0.4, -0.2) is 23.7 Å². The molecule has 0 heterocycles. The monoisotopic (exact) mass is 158 g/mol. The summed E-state index contributed by atoms with van der Waals surface area (Å²) in [6, 6.07) is 0. The maximum atomic E-state index is 10.6. The molecule has 0 aliphatic heterocycles. The number of aliphatic carboxylic acids is 1. The van der Waals surface area contributed by atoms with Gasteiger partial charge in [0.15, 0.2) is 0 Å². The lowest BCUT2D eigenvalue weighted by atomic mass is 10.3. The van der Waals surface area contributed by atoms with E-state index in [9.17, 15) is 9.59 Å². The fourth-order valence-corrected chi connectivity index (χ4v) is 0.422. The molecule has 4 nitrogen and oxygen atoms in total. The number of rotatable bonds is 3. The Bertz CT molecular complexity index is 193. The molecule has 0 aromatic heterocycles. The van der Waals surface area contributed by atoms with Gasteiger partial charge in [-0.3, -0.25) is 0 Å². The molecule has 1 N–H and O–H groups in total. The van der Waals surface area contributed by atoms with Gasteiger partial charge in [-0.1, -0.05) is 0 Å². The highest BCUT2D eigenvalue weighted by Crippen LogP contribution is 1.92. The highest BCUT2D eigenvalue weighted by atomic mass is 16.5. The van der Waals surface area contributed by atoms with Crippen molar-refractivity contribution in [3.8, 4) is 0 Å². The molecule has 0 saturated heterocycles. The molecule has 0 aromatic carbocycles. The van der Waals surface area contributed by atoms with Gasteiger partial charge >= 0.3 is 11.9 Å². The third-order valence-corrected chi connectivity index (χ3v) is 0.958. The number of carboxylic acids is 1. The van der Waals surface area contributed by atoms with Crippen LogP contribution in [0.15, 0.2) is 11.6 Å². The van der Waals surface area contributed by atoms with Gasteiger partial charge in [-0.25, -0.2) is 9.59 Å². The van der Waals surface area contributed by atoms with E-state index in [1.54, 1.807) is 6.92 Å². The molecule has 0 unspecified atom stereocenters. The van der Waals surface area contributed by atoms with E-state index in [0.717, 1.165) is 6.08 Å². The lowest BCUT2D eigenvalue weighted by Crippen LogP contribution is -2.04. The zero-order chi connectivity index (χ0) is 8.85. The van der Waals surface area contributed by atoms with Crippen LogP contribution in [0.3, 0.4) is 0 Å². The van der Waals surface area contributed by atoms with Gasteiger partial charge in [0.05, 0.1) is 6.61 Å². The van der Waals surface area contributed by atoms with Crippen molar-refractivity contribution in [2.24, 2.45) is 0 Å². The van der Waals surface area contributed by atoms with Gasteiger partial charge in [0, 0.05) is 11.6 Å². The molecule has 0 aromatic rings. The van der Waals surface area contributed by atoms with Crippen LogP contribution in [0.5, 0.6) is 0 Å². The maximum Gasteiger partial charge on any atom is 0.331 e. The summed E-state index contributed by atoms with van der Waals surface area (Å²) in [5.41, 5.74) is -0.0246. The highest BCUT2D eigenvalue weighted by Gasteiger charge is 2.03. The second-order valence-electron chi connectivity index (χ2n) is 1.88. The smallest absolute Gasteiger partial charge is 0.331 e. The van der Waals surface area contributed by atoms with E-state index in [-0.39, 0.29) is 12.2 Å². The van der Waals surface area contributed by atoms with Crippen LogP contribution in [0, 0.1) is 0 Å². The molecule has 0 saturated carbocycles. The molecule has 0 amide bonds. The van der Waals surface area contributed by atoms with E-state index >= 15 is 0 Å². The average molecular weight is 158 g/mol. The molecular formula is C7H10O4. The summed E-state index contributed by atoms with van der Waals surface area (Å²) in [5.74, 6) is -1.73. The van der Waals surface area contributed by atoms with E-state index in [1.807, 2.05) is 0 Å². The number of carbonyl (C=O) groups excluding carboxylic acids is 1. The van der Waals surface area contributed by atoms with Gasteiger partial charge in [-0.2, -0.15) is 0 Å². The van der Waals surface area contributed by atoms with Crippen LogP contribution in [0.1, 0.15) is 13.8 Å². The van der Waals surface area contributed by atoms with Crippen molar-refractivity contribution in [2.45, 2.75) is 13.8 Å². The van der Waals surface area contributed by atoms with E-state index in [0.29, 0.717) is 0 Å². The molecule has 0 radical (unpaired) electrons. The summed E-state index contributed by atoms with van der Waals surface area (Å²) in [7, 11) is 0. The first kappa shape index (κ1) is 9.68. The minimum absolute atomic E-state index is 0.0246. The van der Waals surface area contributed by atoms with Gasteiger partial charge in [0.25, 0.3) is 0 Å². The van der Waals surface area contributed by atoms with Crippen LogP contribution in [0.2, 0.25) is 0 Å². The molecule has 4 heteroatoms. The quantitative estimate of drug-likeness (QED) is 0.482. The predicted molar refractivity (Wildman–Crippen MR) is 38.0 cm³/mol. The first-order valence-electron chi connectivity index (χ1n) is 3.16. The van der Waals surface area contributed by atoms with Crippen LogP contribution in [0.4, 0.5) is 0 Å². The zero-order valence-electron chi connectivity index (χ0n) is 6.46. The Morgan fingerprint density at radius 1 is 1.55 bits per heavy atom. The Balaban J connectivity index is 4.08. The number of hydrogen-bond donors (Lipinski definition) is 1. The highest BCUT2D eigenvalue weighted by molar-refractivity contribution is 5.94. The van der Waals surface area contributed by atoms with Gasteiger partial charge in [-0.05, 0) is 13.8 Å². The SMILES string of the molecule is CCOC(=O)/C=C(/C)C(=O)O. The first-order valence-corrected chi connectivity index (χ1v) is 3.16. The predicted octanol–water partition coefficient (Wildman–Crippen LogP) is 0.580.